The maximum Gasteiger partial charge on any atom is 0.134 e. The van der Waals surface area contributed by atoms with Crippen molar-refractivity contribution in [1.29, 1.82) is 0 Å². The Morgan fingerprint density at radius 1 is 1.31 bits per heavy atom. The van der Waals surface area contributed by atoms with Crippen molar-refractivity contribution < 1.29 is 4.42 Å². The molecule has 0 aliphatic heterocycles. The molecule has 0 radical (unpaired) electrons. The third kappa shape index (κ3) is 1.52. The van der Waals surface area contributed by atoms with Crippen molar-refractivity contribution in [2.24, 2.45) is 11.8 Å². The first-order chi connectivity index (χ1) is 7.88. The molecular formula is C13H16N2O. The van der Waals surface area contributed by atoms with Crippen LogP contribution in [0.5, 0.6) is 0 Å². The lowest BCUT2D eigenvalue weighted by Gasteiger charge is -2.31. The first-order valence-corrected chi connectivity index (χ1v) is 5.83. The Morgan fingerprint density at radius 2 is 2.12 bits per heavy atom. The molecule has 0 saturated heterocycles. The van der Waals surface area contributed by atoms with Crippen molar-refractivity contribution in [3.8, 4) is 0 Å². The molecular weight excluding hydrogens is 200 g/mol. The van der Waals surface area contributed by atoms with E-state index in [-0.39, 0.29) is 6.04 Å². The molecule has 1 heterocycles. The summed E-state index contributed by atoms with van der Waals surface area (Å²) in [4.78, 5) is 0. The summed E-state index contributed by atoms with van der Waals surface area (Å²) < 4.78 is 5.84. The van der Waals surface area contributed by atoms with Crippen molar-refractivity contribution in [1.82, 2.24) is 5.43 Å². The minimum absolute atomic E-state index is 0.168. The van der Waals surface area contributed by atoms with E-state index < -0.39 is 0 Å². The summed E-state index contributed by atoms with van der Waals surface area (Å²) in [5, 5.41) is 1.15. The molecule has 1 aromatic carbocycles. The third-order valence-corrected chi connectivity index (χ3v) is 3.55. The highest BCUT2D eigenvalue weighted by atomic mass is 16.3. The summed E-state index contributed by atoms with van der Waals surface area (Å²) in [6.45, 7) is 0. The predicted molar refractivity (Wildman–Crippen MR) is 63.6 cm³/mol. The molecule has 1 aliphatic carbocycles. The lowest BCUT2D eigenvalue weighted by molar-refractivity contribution is 0.211. The van der Waals surface area contributed by atoms with Gasteiger partial charge < -0.3 is 4.42 Å². The van der Waals surface area contributed by atoms with E-state index in [1.165, 1.54) is 19.3 Å². The standard InChI is InChI=1S/C13H16N2O/c14-15-13(9-5-3-6-9)12-8-10-4-1-2-7-11(10)16-12/h1-2,4,7-9,13,15H,3,5-6,14H2. The van der Waals surface area contributed by atoms with Gasteiger partial charge in [0.1, 0.15) is 11.3 Å². The van der Waals surface area contributed by atoms with Crippen molar-refractivity contribution >= 4 is 11.0 Å². The molecule has 1 saturated carbocycles. The fourth-order valence-corrected chi connectivity index (χ4v) is 2.38. The second kappa shape index (κ2) is 3.92. The van der Waals surface area contributed by atoms with Gasteiger partial charge >= 0.3 is 0 Å². The van der Waals surface area contributed by atoms with Crippen LogP contribution in [0.3, 0.4) is 0 Å². The molecule has 1 atom stereocenters. The number of hydrogen-bond acceptors (Lipinski definition) is 3. The van der Waals surface area contributed by atoms with Crippen molar-refractivity contribution in [2.45, 2.75) is 25.3 Å². The normalized spacial score (nSPS) is 18.6. The molecule has 3 rings (SSSR count). The monoisotopic (exact) mass is 216 g/mol. The maximum atomic E-state index is 5.84. The largest absolute Gasteiger partial charge is 0.459 e. The van der Waals surface area contributed by atoms with Crippen molar-refractivity contribution in [3.63, 3.8) is 0 Å². The van der Waals surface area contributed by atoms with Gasteiger partial charge in [0.25, 0.3) is 0 Å². The van der Waals surface area contributed by atoms with Crippen LogP contribution in [0.4, 0.5) is 0 Å². The summed E-state index contributed by atoms with van der Waals surface area (Å²) >= 11 is 0. The van der Waals surface area contributed by atoms with E-state index in [1.807, 2.05) is 18.2 Å². The summed E-state index contributed by atoms with van der Waals surface area (Å²) in [7, 11) is 0. The van der Waals surface area contributed by atoms with Crippen LogP contribution in [0.1, 0.15) is 31.1 Å². The summed E-state index contributed by atoms with van der Waals surface area (Å²) in [5.41, 5.74) is 3.83. The van der Waals surface area contributed by atoms with E-state index >= 15 is 0 Å². The third-order valence-electron chi connectivity index (χ3n) is 3.55. The zero-order valence-corrected chi connectivity index (χ0v) is 9.15. The lowest BCUT2D eigenvalue weighted by Crippen LogP contribution is -2.36. The highest BCUT2D eigenvalue weighted by molar-refractivity contribution is 5.77. The van der Waals surface area contributed by atoms with Gasteiger partial charge in [0.2, 0.25) is 0 Å². The van der Waals surface area contributed by atoms with E-state index in [2.05, 4.69) is 17.6 Å². The van der Waals surface area contributed by atoms with Gasteiger partial charge in [-0.2, -0.15) is 0 Å². The van der Waals surface area contributed by atoms with Gasteiger partial charge in [0.15, 0.2) is 0 Å². The fourth-order valence-electron chi connectivity index (χ4n) is 2.38. The van der Waals surface area contributed by atoms with Crippen LogP contribution in [-0.4, -0.2) is 0 Å². The average Bonchev–Trinajstić information content (AvgIpc) is 2.66. The molecule has 3 N–H and O–H groups in total. The fraction of sp³-hybridized carbons (Fsp3) is 0.385. The van der Waals surface area contributed by atoms with Crippen LogP contribution in [0.15, 0.2) is 34.7 Å². The van der Waals surface area contributed by atoms with Crippen molar-refractivity contribution in [3.05, 3.63) is 36.1 Å². The second-order valence-corrected chi connectivity index (χ2v) is 4.52. The number of nitrogens with two attached hydrogens (primary N) is 1. The zero-order chi connectivity index (χ0) is 11.0. The molecule has 3 heteroatoms. The summed E-state index contributed by atoms with van der Waals surface area (Å²) in [6.07, 6.45) is 3.79. The van der Waals surface area contributed by atoms with Crippen molar-refractivity contribution in [2.75, 3.05) is 0 Å². The Labute approximate surface area is 94.6 Å². The minimum atomic E-state index is 0.168. The van der Waals surface area contributed by atoms with Crippen LogP contribution in [0.2, 0.25) is 0 Å². The quantitative estimate of drug-likeness (QED) is 0.612. The first kappa shape index (κ1) is 9.87. The van der Waals surface area contributed by atoms with Gasteiger partial charge in [-0.1, -0.05) is 24.6 Å². The SMILES string of the molecule is NNC(c1cc2ccccc2o1)C1CCC1. The Kier molecular flexibility index (Phi) is 2.42. The van der Waals surface area contributed by atoms with E-state index in [4.69, 9.17) is 10.3 Å². The van der Waals surface area contributed by atoms with E-state index in [1.54, 1.807) is 0 Å². The highest BCUT2D eigenvalue weighted by Gasteiger charge is 2.29. The highest BCUT2D eigenvalue weighted by Crippen LogP contribution is 2.38. The van der Waals surface area contributed by atoms with E-state index in [0.29, 0.717) is 5.92 Å². The molecule has 1 aliphatic rings. The Hall–Kier alpha value is -1.32. The molecule has 1 aromatic heterocycles. The number of hydrogen-bond donors (Lipinski definition) is 2. The molecule has 0 amide bonds. The molecule has 0 spiro atoms. The Balaban J connectivity index is 1.96. The summed E-state index contributed by atoms with van der Waals surface area (Å²) in [5.74, 6) is 7.22. The number of fused-ring (bicyclic) bond motifs is 1. The summed E-state index contributed by atoms with van der Waals surface area (Å²) in [6, 6.07) is 10.3. The second-order valence-electron chi connectivity index (χ2n) is 4.52. The van der Waals surface area contributed by atoms with Crippen LogP contribution < -0.4 is 11.3 Å². The smallest absolute Gasteiger partial charge is 0.134 e. The number of hydrazine groups is 1. The van der Waals surface area contributed by atoms with Gasteiger partial charge in [-0.25, -0.2) is 5.43 Å². The predicted octanol–water partition coefficient (Wildman–Crippen LogP) is 2.74. The van der Waals surface area contributed by atoms with Crippen LogP contribution in [-0.2, 0) is 0 Å². The lowest BCUT2D eigenvalue weighted by atomic mass is 9.79. The Morgan fingerprint density at radius 3 is 2.75 bits per heavy atom. The van der Waals surface area contributed by atoms with Crippen LogP contribution >= 0.6 is 0 Å². The number of nitrogens with one attached hydrogen (secondary N) is 1. The van der Waals surface area contributed by atoms with Crippen LogP contribution in [0, 0.1) is 5.92 Å². The molecule has 16 heavy (non-hydrogen) atoms. The molecule has 3 nitrogen and oxygen atoms in total. The average molecular weight is 216 g/mol. The Bertz CT molecular complexity index is 454. The molecule has 1 unspecified atom stereocenters. The van der Waals surface area contributed by atoms with E-state index in [0.717, 1.165) is 16.7 Å². The van der Waals surface area contributed by atoms with Gasteiger partial charge in [0.05, 0.1) is 6.04 Å². The van der Waals surface area contributed by atoms with E-state index in [9.17, 15) is 0 Å². The molecule has 84 valence electrons. The molecule has 1 fully saturated rings. The first-order valence-electron chi connectivity index (χ1n) is 5.83. The number of furan rings is 1. The maximum absolute atomic E-state index is 5.84. The van der Waals surface area contributed by atoms with Gasteiger partial charge in [-0.3, -0.25) is 5.84 Å². The van der Waals surface area contributed by atoms with Gasteiger partial charge in [-0.05, 0) is 30.9 Å². The number of para-hydroxylation sites is 1. The topological polar surface area (TPSA) is 51.2 Å². The van der Waals surface area contributed by atoms with Crippen LogP contribution in [0.25, 0.3) is 11.0 Å². The minimum Gasteiger partial charge on any atom is -0.459 e. The van der Waals surface area contributed by atoms with Gasteiger partial charge in [0, 0.05) is 5.39 Å². The number of rotatable bonds is 3. The van der Waals surface area contributed by atoms with Gasteiger partial charge in [-0.15, -0.1) is 0 Å². The molecule has 2 aromatic rings. The number of benzene rings is 1. The molecule has 0 bridgehead atoms. The zero-order valence-electron chi connectivity index (χ0n) is 9.15.